The van der Waals surface area contributed by atoms with E-state index in [9.17, 15) is 4.79 Å². The van der Waals surface area contributed by atoms with Crippen molar-refractivity contribution in [1.29, 1.82) is 0 Å². The summed E-state index contributed by atoms with van der Waals surface area (Å²) in [6.45, 7) is 2.20. The van der Waals surface area contributed by atoms with Crippen LogP contribution in [0.2, 0.25) is 10.0 Å². The van der Waals surface area contributed by atoms with Crippen molar-refractivity contribution in [3.8, 4) is 5.75 Å². The minimum absolute atomic E-state index is 0.0444. The Morgan fingerprint density at radius 3 is 2.67 bits per heavy atom. The highest BCUT2D eigenvalue weighted by atomic mass is 35.5. The predicted octanol–water partition coefficient (Wildman–Crippen LogP) is 3.70. The highest BCUT2D eigenvalue weighted by Crippen LogP contribution is 2.26. The molecular weight excluding hydrogens is 333 g/mol. The van der Waals surface area contributed by atoms with Gasteiger partial charge in [-0.2, -0.15) is 0 Å². The van der Waals surface area contributed by atoms with Crippen LogP contribution < -0.4 is 10.3 Å². The largest absolute Gasteiger partial charge is 0.491 e. The molecule has 0 spiro atoms. The number of hydrogen-bond donors (Lipinski definition) is 0. The zero-order chi connectivity index (χ0) is 15.1. The average molecular weight is 348 g/mol. The Morgan fingerprint density at radius 2 is 1.95 bits per heavy atom. The minimum atomic E-state index is 0.0444. The summed E-state index contributed by atoms with van der Waals surface area (Å²) in [5, 5.41) is 2.76. The molecule has 4 nitrogen and oxygen atoms in total. The highest BCUT2D eigenvalue weighted by Gasteiger charge is 2.00. The van der Waals surface area contributed by atoms with Gasteiger partial charge >= 0.3 is 0 Å². The molecule has 0 atom stereocenters. The SMILES string of the molecule is O=c1ccsn1CCCOCCOc1ccc(Cl)c(Cl)c1. The smallest absolute Gasteiger partial charge is 0.260 e. The van der Waals surface area contributed by atoms with Gasteiger partial charge in [-0.15, -0.1) is 0 Å². The molecule has 1 heterocycles. The average Bonchev–Trinajstić information content (AvgIpc) is 2.87. The number of aromatic nitrogens is 1. The molecule has 0 saturated carbocycles. The number of benzene rings is 1. The van der Waals surface area contributed by atoms with Gasteiger partial charge in [0.1, 0.15) is 12.4 Å². The quantitative estimate of drug-likeness (QED) is 0.683. The maximum atomic E-state index is 11.3. The maximum absolute atomic E-state index is 11.3. The lowest BCUT2D eigenvalue weighted by Gasteiger charge is -2.08. The first-order valence-corrected chi connectivity index (χ1v) is 8.06. The summed E-state index contributed by atoms with van der Waals surface area (Å²) in [6.07, 6.45) is 0.799. The number of hydrogen-bond acceptors (Lipinski definition) is 4. The van der Waals surface area contributed by atoms with E-state index in [2.05, 4.69) is 0 Å². The fourth-order valence-electron chi connectivity index (χ4n) is 1.66. The molecule has 0 unspecified atom stereocenters. The van der Waals surface area contributed by atoms with Crippen LogP contribution in [-0.2, 0) is 11.3 Å². The van der Waals surface area contributed by atoms with Gasteiger partial charge in [0.15, 0.2) is 0 Å². The van der Waals surface area contributed by atoms with Crippen LogP contribution in [0.15, 0.2) is 34.4 Å². The lowest BCUT2D eigenvalue weighted by atomic mass is 10.3. The highest BCUT2D eigenvalue weighted by molar-refractivity contribution is 7.04. The molecule has 0 aliphatic heterocycles. The summed E-state index contributed by atoms with van der Waals surface area (Å²) < 4.78 is 12.6. The molecule has 0 bridgehead atoms. The van der Waals surface area contributed by atoms with E-state index in [1.165, 1.54) is 11.5 Å². The Morgan fingerprint density at radius 1 is 1.10 bits per heavy atom. The lowest BCUT2D eigenvalue weighted by molar-refractivity contribution is 0.0966. The predicted molar refractivity (Wildman–Crippen MR) is 86.0 cm³/mol. The van der Waals surface area contributed by atoms with Gasteiger partial charge in [-0.05, 0) is 18.6 Å². The molecule has 2 aromatic rings. The molecule has 2 rings (SSSR count). The molecule has 21 heavy (non-hydrogen) atoms. The van der Waals surface area contributed by atoms with Crippen LogP contribution in [0.1, 0.15) is 6.42 Å². The molecule has 0 saturated heterocycles. The Kier molecular flexibility index (Phi) is 6.57. The maximum Gasteiger partial charge on any atom is 0.260 e. The summed E-state index contributed by atoms with van der Waals surface area (Å²) in [6, 6.07) is 6.69. The van der Waals surface area contributed by atoms with E-state index in [-0.39, 0.29) is 5.56 Å². The fraction of sp³-hybridized carbons (Fsp3) is 0.357. The Bertz CT molecular complexity index is 627. The van der Waals surface area contributed by atoms with E-state index in [4.69, 9.17) is 32.7 Å². The number of halogens is 2. The molecule has 114 valence electrons. The molecule has 0 radical (unpaired) electrons. The third-order valence-electron chi connectivity index (χ3n) is 2.68. The van der Waals surface area contributed by atoms with Gasteiger partial charge in [-0.3, -0.25) is 8.75 Å². The zero-order valence-corrected chi connectivity index (χ0v) is 13.6. The Labute approximate surface area is 137 Å². The summed E-state index contributed by atoms with van der Waals surface area (Å²) in [7, 11) is 0. The molecule has 0 fully saturated rings. The third kappa shape index (κ3) is 5.36. The van der Waals surface area contributed by atoms with Crippen molar-refractivity contribution in [2.45, 2.75) is 13.0 Å². The summed E-state index contributed by atoms with van der Waals surface area (Å²) in [4.78, 5) is 11.3. The first kappa shape index (κ1) is 16.4. The Hall–Kier alpha value is -1.01. The van der Waals surface area contributed by atoms with Gasteiger partial charge in [0.05, 0.1) is 16.7 Å². The van der Waals surface area contributed by atoms with Crippen molar-refractivity contribution in [1.82, 2.24) is 3.96 Å². The van der Waals surface area contributed by atoms with E-state index < -0.39 is 0 Å². The van der Waals surface area contributed by atoms with Crippen molar-refractivity contribution in [3.63, 3.8) is 0 Å². The van der Waals surface area contributed by atoms with Gasteiger partial charge in [0.2, 0.25) is 0 Å². The van der Waals surface area contributed by atoms with Crippen LogP contribution in [0.4, 0.5) is 0 Å². The Balaban J connectivity index is 1.57. The van der Waals surface area contributed by atoms with E-state index in [1.54, 1.807) is 33.6 Å². The lowest BCUT2D eigenvalue weighted by Crippen LogP contribution is -2.14. The number of aryl methyl sites for hydroxylation is 1. The monoisotopic (exact) mass is 347 g/mol. The molecule has 1 aromatic heterocycles. The minimum Gasteiger partial charge on any atom is -0.491 e. The van der Waals surface area contributed by atoms with Crippen LogP contribution in [0.5, 0.6) is 5.75 Å². The van der Waals surface area contributed by atoms with Crippen LogP contribution in [0, 0.1) is 0 Å². The fourth-order valence-corrected chi connectivity index (χ4v) is 2.67. The molecule has 0 N–H and O–H groups in total. The van der Waals surface area contributed by atoms with Crippen LogP contribution in [-0.4, -0.2) is 23.8 Å². The second kappa shape index (κ2) is 8.44. The summed E-state index contributed by atoms with van der Waals surface area (Å²) in [5.41, 5.74) is 0.0444. The summed E-state index contributed by atoms with van der Waals surface area (Å²) in [5.74, 6) is 0.665. The van der Waals surface area contributed by atoms with Gasteiger partial charge in [-0.25, -0.2) is 0 Å². The second-order valence-corrected chi connectivity index (χ2v) is 5.98. The molecule has 0 amide bonds. The molecular formula is C14H15Cl2NO3S. The number of rotatable bonds is 8. The van der Waals surface area contributed by atoms with Crippen molar-refractivity contribution in [2.24, 2.45) is 0 Å². The summed E-state index contributed by atoms with van der Waals surface area (Å²) >= 11 is 13.1. The standard InChI is InChI=1S/C14H15Cl2NO3S/c15-12-3-2-11(10-13(12)16)20-8-7-19-6-1-5-17-14(18)4-9-21-17/h2-4,9-10H,1,5-8H2. The van der Waals surface area contributed by atoms with Crippen molar-refractivity contribution >= 4 is 34.7 Å². The number of nitrogens with zero attached hydrogens (tertiary/aromatic N) is 1. The van der Waals surface area contributed by atoms with Crippen LogP contribution in [0.3, 0.4) is 0 Å². The normalized spacial score (nSPS) is 10.8. The van der Waals surface area contributed by atoms with E-state index in [1.807, 2.05) is 0 Å². The first-order chi connectivity index (χ1) is 10.2. The van der Waals surface area contributed by atoms with E-state index in [0.29, 0.717) is 42.2 Å². The van der Waals surface area contributed by atoms with Gasteiger partial charge < -0.3 is 9.47 Å². The number of ether oxygens (including phenoxy) is 2. The topological polar surface area (TPSA) is 40.5 Å². The van der Waals surface area contributed by atoms with Gasteiger partial charge in [0.25, 0.3) is 5.56 Å². The van der Waals surface area contributed by atoms with Gasteiger partial charge in [-0.1, -0.05) is 34.7 Å². The van der Waals surface area contributed by atoms with E-state index in [0.717, 1.165) is 6.42 Å². The third-order valence-corrected chi connectivity index (χ3v) is 4.30. The van der Waals surface area contributed by atoms with Crippen molar-refractivity contribution in [3.05, 3.63) is 50.0 Å². The van der Waals surface area contributed by atoms with Crippen LogP contribution >= 0.6 is 34.7 Å². The second-order valence-electron chi connectivity index (χ2n) is 4.24. The molecule has 0 aliphatic carbocycles. The van der Waals surface area contributed by atoms with Crippen molar-refractivity contribution in [2.75, 3.05) is 19.8 Å². The zero-order valence-electron chi connectivity index (χ0n) is 11.3. The first-order valence-electron chi connectivity index (χ1n) is 6.47. The molecule has 7 heteroatoms. The van der Waals surface area contributed by atoms with E-state index >= 15 is 0 Å². The van der Waals surface area contributed by atoms with Crippen LogP contribution in [0.25, 0.3) is 0 Å². The van der Waals surface area contributed by atoms with Gasteiger partial charge in [0, 0.05) is 30.7 Å². The molecule has 1 aromatic carbocycles. The van der Waals surface area contributed by atoms with Crippen molar-refractivity contribution < 1.29 is 9.47 Å². The molecule has 0 aliphatic rings.